The van der Waals surface area contributed by atoms with Crippen LogP contribution >= 0.6 is 11.3 Å². The number of hydrogen-bond donors (Lipinski definition) is 0. The van der Waals surface area contributed by atoms with E-state index in [-0.39, 0.29) is 11.8 Å². The summed E-state index contributed by atoms with van der Waals surface area (Å²) >= 11 is 1.51. The third-order valence-corrected chi connectivity index (χ3v) is 5.13. The molecule has 0 atom stereocenters. The molecule has 8 heteroatoms. The van der Waals surface area contributed by atoms with E-state index in [1.54, 1.807) is 21.3 Å². The average Bonchev–Trinajstić information content (AvgIpc) is 3.18. The summed E-state index contributed by atoms with van der Waals surface area (Å²) in [7, 11) is 4.85. The minimum Gasteiger partial charge on any atom is -0.493 e. The molecule has 1 heterocycles. The van der Waals surface area contributed by atoms with Gasteiger partial charge in [-0.3, -0.25) is 4.79 Å². The van der Waals surface area contributed by atoms with Crippen LogP contribution in [0.1, 0.15) is 31.0 Å². The second-order valence-electron chi connectivity index (χ2n) is 6.77. The van der Waals surface area contributed by atoms with E-state index in [4.69, 9.17) is 18.9 Å². The number of methoxy groups -OCH3 is 3. The van der Waals surface area contributed by atoms with Crippen LogP contribution in [0.15, 0.2) is 23.6 Å². The fourth-order valence-corrected chi connectivity index (χ4v) is 3.51. The van der Waals surface area contributed by atoms with Gasteiger partial charge in [0.1, 0.15) is 11.6 Å². The fraction of sp³-hybridized carbons (Fsp3) is 0.524. The molecule has 1 aromatic heterocycles. The molecule has 7 nitrogen and oxygen atoms in total. The van der Waals surface area contributed by atoms with Gasteiger partial charge in [-0.25, -0.2) is 4.98 Å². The maximum atomic E-state index is 12.5. The molecule has 2 rings (SSSR count). The minimum absolute atomic E-state index is 0.0583. The Hall–Kier alpha value is -2.32. The number of carbonyl (C=O) groups excluding carboxylic acids is 1. The molecule has 1 aromatic carbocycles. The highest BCUT2D eigenvalue weighted by Gasteiger charge is 2.19. The van der Waals surface area contributed by atoms with Crippen molar-refractivity contribution in [3.63, 3.8) is 0 Å². The monoisotopic (exact) mass is 422 g/mol. The SMILES string of the molecule is COCCCN(Cc1csc(COc2c(OC)cccc2OC)n1)C(=O)C(C)C. The smallest absolute Gasteiger partial charge is 0.225 e. The molecule has 2 aromatic rings. The summed E-state index contributed by atoms with van der Waals surface area (Å²) in [6.07, 6.45) is 0.794. The van der Waals surface area contributed by atoms with E-state index in [1.165, 1.54) is 11.3 Å². The first-order chi connectivity index (χ1) is 14.0. The second kappa shape index (κ2) is 11.6. The molecule has 0 bridgehead atoms. The van der Waals surface area contributed by atoms with Gasteiger partial charge < -0.3 is 23.8 Å². The zero-order valence-electron chi connectivity index (χ0n) is 17.8. The molecular formula is C21H30N2O5S. The highest BCUT2D eigenvalue weighted by molar-refractivity contribution is 7.09. The average molecular weight is 423 g/mol. The molecule has 0 aliphatic heterocycles. The molecule has 1 amide bonds. The highest BCUT2D eigenvalue weighted by atomic mass is 32.1. The zero-order valence-corrected chi connectivity index (χ0v) is 18.6. The van der Waals surface area contributed by atoms with Gasteiger partial charge in [-0.1, -0.05) is 19.9 Å². The summed E-state index contributed by atoms with van der Waals surface area (Å²) in [6, 6.07) is 5.48. The van der Waals surface area contributed by atoms with Crippen molar-refractivity contribution in [2.24, 2.45) is 5.92 Å². The van der Waals surface area contributed by atoms with E-state index in [1.807, 2.05) is 42.3 Å². The van der Waals surface area contributed by atoms with Crippen LogP contribution in [0.5, 0.6) is 17.2 Å². The van der Waals surface area contributed by atoms with Gasteiger partial charge >= 0.3 is 0 Å². The second-order valence-corrected chi connectivity index (χ2v) is 7.72. The molecule has 0 spiro atoms. The lowest BCUT2D eigenvalue weighted by Crippen LogP contribution is -2.35. The van der Waals surface area contributed by atoms with Crippen LogP contribution in [0.2, 0.25) is 0 Å². The van der Waals surface area contributed by atoms with Gasteiger partial charge in [-0.2, -0.15) is 0 Å². The van der Waals surface area contributed by atoms with Gasteiger partial charge in [0.15, 0.2) is 11.5 Å². The lowest BCUT2D eigenvalue weighted by atomic mass is 10.2. The normalized spacial score (nSPS) is 10.8. The first-order valence-electron chi connectivity index (χ1n) is 9.54. The maximum Gasteiger partial charge on any atom is 0.225 e. The summed E-state index contributed by atoms with van der Waals surface area (Å²) in [6.45, 7) is 5.86. The van der Waals surface area contributed by atoms with Crippen LogP contribution in [0, 0.1) is 5.92 Å². The molecule has 0 aliphatic rings. The van der Waals surface area contributed by atoms with Crippen LogP contribution in [0.25, 0.3) is 0 Å². The molecule has 160 valence electrons. The molecule has 0 N–H and O–H groups in total. The zero-order chi connectivity index (χ0) is 21.2. The van der Waals surface area contributed by atoms with Gasteiger partial charge in [0.05, 0.1) is 26.5 Å². The standard InChI is InChI=1S/C21H30N2O5S/c1-15(2)21(24)23(10-7-11-25-3)12-16-14-29-19(22-16)13-28-20-17(26-4)8-6-9-18(20)27-5/h6,8-9,14-15H,7,10-13H2,1-5H3. The molecule has 29 heavy (non-hydrogen) atoms. The third-order valence-electron chi connectivity index (χ3n) is 4.26. The predicted molar refractivity (Wildman–Crippen MR) is 113 cm³/mol. The Balaban J connectivity index is 2.03. The van der Waals surface area contributed by atoms with Crippen LogP contribution in [0.4, 0.5) is 0 Å². The Morgan fingerprint density at radius 1 is 1.17 bits per heavy atom. The Bertz CT molecular complexity index is 756. The van der Waals surface area contributed by atoms with Crippen molar-refractivity contribution in [3.8, 4) is 17.2 Å². The Morgan fingerprint density at radius 3 is 2.45 bits per heavy atom. The number of hydrogen-bond acceptors (Lipinski definition) is 7. The van der Waals surface area contributed by atoms with Gasteiger partial charge in [0.25, 0.3) is 0 Å². The lowest BCUT2D eigenvalue weighted by molar-refractivity contribution is -0.135. The first-order valence-corrected chi connectivity index (χ1v) is 10.4. The number of amides is 1. The number of ether oxygens (including phenoxy) is 4. The van der Waals surface area contributed by atoms with E-state index in [0.29, 0.717) is 43.6 Å². The van der Waals surface area contributed by atoms with Crippen molar-refractivity contribution in [1.29, 1.82) is 0 Å². The maximum absolute atomic E-state index is 12.5. The number of nitrogens with zero attached hydrogens (tertiary/aromatic N) is 2. The van der Waals surface area contributed by atoms with Crippen molar-refractivity contribution in [1.82, 2.24) is 9.88 Å². The van der Waals surface area contributed by atoms with E-state index in [9.17, 15) is 4.79 Å². The van der Waals surface area contributed by atoms with Crippen molar-refractivity contribution < 1.29 is 23.7 Å². The highest BCUT2D eigenvalue weighted by Crippen LogP contribution is 2.37. The van der Waals surface area contributed by atoms with Crippen LogP contribution in [-0.2, 0) is 22.7 Å². The molecule has 0 radical (unpaired) electrons. The Kier molecular flexibility index (Phi) is 9.21. The number of aromatic nitrogens is 1. The van der Waals surface area contributed by atoms with Crippen molar-refractivity contribution in [3.05, 3.63) is 34.3 Å². The molecular weight excluding hydrogens is 392 g/mol. The third kappa shape index (κ3) is 6.61. The number of rotatable bonds is 12. The summed E-state index contributed by atoms with van der Waals surface area (Å²) in [5.74, 6) is 1.81. The predicted octanol–water partition coefficient (Wildman–Crippen LogP) is 3.76. The van der Waals surface area contributed by atoms with Gasteiger partial charge in [-0.15, -0.1) is 11.3 Å². The summed E-state index contributed by atoms with van der Waals surface area (Å²) in [5, 5.41) is 2.79. The van der Waals surface area contributed by atoms with Crippen LogP contribution < -0.4 is 14.2 Å². The van der Waals surface area contributed by atoms with Gasteiger partial charge in [0.2, 0.25) is 11.7 Å². The topological polar surface area (TPSA) is 70.1 Å². The number of para-hydroxylation sites is 1. The fourth-order valence-electron chi connectivity index (χ4n) is 2.81. The largest absolute Gasteiger partial charge is 0.493 e. The van der Waals surface area contributed by atoms with Crippen molar-refractivity contribution in [2.75, 3.05) is 34.5 Å². The van der Waals surface area contributed by atoms with E-state index >= 15 is 0 Å². The number of thiazole rings is 1. The Labute approximate surface area is 176 Å². The molecule has 0 unspecified atom stereocenters. The summed E-state index contributed by atoms with van der Waals surface area (Å²) in [4.78, 5) is 19.0. The number of benzene rings is 1. The number of carbonyl (C=O) groups is 1. The van der Waals surface area contributed by atoms with Crippen molar-refractivity contribution in [2.45, 2.75) is 33.4 Å². The first kappa shape index (κ1) is 23.0. The molecule has 0 saturated carbocycles. The minimum atomic E-state index is -0.0583. The molecule has 0 saturated heterocycles. The van der Waals surface area contributed by atoms with Crippen LogP contribution in [-0.4, -0.2) is 50.3 Å². The van der Waals surface area contributed by atoms with E-state index in [2.05, 4.69) is 4.98 Å². The summed E-state index contributed by atoms with van der Waals surface area (Å²) < 4.78 is 21.7. The van der Waals surface area contributed by atoms with Gasteiger partial charge in [0, 0.05) is 31.6 Å². The van der Waals surface area contributed by atoms with Crippen molar-refractivity contribution >= 4 is 17.2 Å². The Morgan fingerprint density at radius 2 is 1.86 bits per heavy atom. The van der Waals surface area contributed by atoms with E-state index < -0.39 is 0 Å². The molecule has 0 fully saturated rings. The molecule has 0 aliphatic carbocycles. The summed E-state index contributed by atoms with van der Waals surface area (Å²) in [5.41, 5.74) is 0.854. The van der Waals surface area contributed by atoms with Crippen LogP contribution in [0.3, 0.4) is 0 Å². The van der Waals surface area contributed by atoms with E-state index in [0.717, 1.165) is 17.1 Å². The quantitative estimate of drug-likeness (QED) is 0.485. The lowest BCUT2D eigenvalue weighted by Gasteiger charge is -2.23. The van der Waals surface area contributed by atoms with Gasteiger partial charge in [-0.05, 0) is 18.6 Å².